The minimum Gasteiger partial charge on any atom is -0.508 e. The normalized spacial score (nSPS) is 16.0. The fraction of sp³-hybridized carbons (Fsp3) is 0.421. The average Bonchev–Trinajstić information content (AvgIpc) is 3.22. The van der Waals surface area contributed by atoms with Crippen molar-refractivity contribution in [3.8, 4) is 5.75 Å². The van der Waals surface area contributed by atoms with E-state index in [9.17, 15) is 9.90 Å². The van der Waals surface area contributed by atoms with Gasteiger partial charge in [0.05, 0.1) is 18.8 Å². The summed E-state index contributed by atoms with van der Waals surface area (Å²) in [6, 6.07) is 9.03. The summed E-state index contributed by atoms with van der Waals surface area (Å²) in [5, 5.41) is 13.1. The van der Waals surface area contributed by atoms with Crippen LogP contribution in [0.3, 0.4) is 0 Å². The molecule has 6 nitrogen and oxygen atoms in total. The van der Waals surface area contributed by atoms with Crippen molar-refractivity contribution in [2.24, 2.45) is 0 Å². The van der Waals surface area contributed by atoms with Crippen molar-refractivity contribution in [1.82, 2.24) is 15.1 Å². The lowest BCUT2D eigenvalue weighted by atomic mass is 10.1. The number of rotatable bonds is 6. The molecule has 1 atom stereocenters. The molecule has 6 heteroatoms. The molecule has 25 heavy (non-hydrogen) atoms. The zero-order chi connectivity index (χ0) is 17.8. The Morgan fingerprint density at radius 3 is 2.84 bits per heavy atom. The fourth-order valence-corrected chi connectivity index (χ4v) is 3.19. The van der Waals surface area contributed by atoms with Gasteiger partial charge < -0.3 is 24.6 Å². The summed E-state index contributed by atoms with van der Waals surface area (Å²) in [4.78, 5) is 16.6. The summed E-state index contributed by atoms with van der Waals surface area (Å²) in [6.45, 7) is 1.82. The molecule has 0 radical (unpaired) electrons. The summed E-state index contributed by atoms with van der Waals surface area (Å²) in [5.74, 6) is 1.08. The van der Waals surface area contributed by atoms with Gasteiger partial charge in [0.25, 0.3) is 0 Å². The number of hydrogen-bond donors (Lipinski definition) is 2. The van der Waals surface area contributed by atoms with Crippen molar-refractivity contribution < 1.29 is 14.3 Å². The van der Waals surface area contributed by atoms with Crippen molar-refractivity contribution in [1.29, 1.82) is 0 Å². The number of phenols is 1. The molecule has 1 aliphatic carbocycles. The third-order valence-electron chi connectivity index (χ3n) is 4.57. The number of carbonyl (C=O) groups is 1. The summed E-state index contributed by atoms with van der Waals surface area (Å²) in [6.07, 6.45) is 3.21. The predicted octanol–water partition coefficient (Wildman–Crippen LogP) is 2.75. The van der Waals surface area contributed by atoms with Gasteiger partial charge in [0.1, 0.15) is 11.5 Å². The van der Waals surface area contributed by atoms with Gasteiger partial charge in [-0.2, -0.15) is 0 Å². The van der Waals surface area contributed by atoms with Gasteiger partial charge in [-0.1, -0.05) is 12.1 Å². The SMILES string of the molecule is CN(C)CCN(Cc1ccco1)C(=O)N[C@@H]1CCc2c(O)cccc21. The molecule has 1 heterocycles. The van der Waals surface area contributed by atoms with E-state index in [0.29, 0.717) is 18.8 Å². The van der Waals surface area contributed by atoms with Gasteiger partial charge in [-0.3, -0.25) is 0 Å². The number of nitrogens with one attached hydrogen (secondary N) is 1. The highest BCUT2D eigenvalue weighted by atomic mass is 16.3. The van der Waals surface area contributed by atoms with Gasteiger partial charge in [0.2, 0.25) is 0 Å². The molecule has 3 rings (SSSR count). The molecule has 0 fully saturated rings. The Morgan fingerprint density at radius 1 is 1.28 bits per heavy atom. The number of urea groups is 1. The molecule has 2 amide bonds. The maximum absolute atomic E-state index is 12.8. The lowest BCUT2D eigenvalue weighted by Crippen LogP contribution is -2.43. The number of phenolic OH excluding ortho intramolecular Hbond substituents is 1. The second kappa shape index (κ2) is 7.61. The minimum atomic E-state index is -0.112. The lowest BCUT2D eigenvalue weighted by molar-refractivity contribution is 0.180. The van der Waals surface area contributed by atoms with Crippen LogP contribution in [0.25, 0.3) is 0 Å². The van der Waals surface area contributed by atoms with E-state index in [2.05, 4.69) is 5.32 Å². The smallest absolute Gasteiger partial charge is 0.318 e. The Balaban J connectivity index is 1.69. The Hall–Kier alpha value is -2.47. The molecule has 0 spiro atoms. The minimum absolute atomic E-state index is 0.0620. The zero-order valence-electron chi connectivity index (χ0n) is 14.7. The van der Waals surface area contributed by atoms with Gasteiger partial charge in [-0.05, 0) is 56.3 Å². The Morgan fingerprint density at radius 2 is 2.12 bits per heavy atom. The average molecular weight is 343 g/mol. The monoisotopic (exact) mass is 343 g/mol. The first-order chi connectivity index (χ1) is 12.0. The molecule has 1 aromatic carbocycles. The van der Waals surface area contributed by atoms with Crippen LogP contribution >= 0.6 is 0 Å². The number of benzene rings is 1. The van der Waals surface area contributed by atoms with E-state index in [0.717, 1.165) is 36.3 Å². The van der Waals surface area contributed by atoms with Crippen molar-refractivity contribution in [3.05, 3.63) is 53.5 Å². The number of amides is 2. The maximum atomic E-state index is 12.8. The highest BCUT2D eigenvalue weighted by Crippen LogP contribution is 2.36. The largest absolute Gasteiger partial charge is 0.508 e. The zero-order valence-corrected chi connectivity index (χ0v) is 14.7. The number of aromatic hydroxyl groups is 1. The van der Waals surface area contributed by atoms with Crippen molar-refractivity contribution in [2.75, 3.05) is 27.2 Å². The lowest BCUT2D eigenvalue weighted by Gasteiger charge is -2.26. The number of nitrogens with zero attached hydrogens (tertiary/aromatic N) is 2. The molecule has 0 saturated heterocycles. The van der Waals surface area contributed by atoms with Crippen molar-refractivity contribution in [2.45, 2.75) is 25.4 Å². The van der Waals surface area contributed by atoms with E-state index < -0.39 is 0 Å². The number of hydrogen-bond acceptors (Lipinski definition) is 4. The maximum Gasteiger partial charge on any atom is 0.318 e. The molecule has 1 aliphatic rings. The molecule has 0 saturated carbocycles. The van der Waals surface area contributed by atoms with Crippen molar-refractivity contribution >= 4 is 6.03 Å². The number of carbonyl (C=O) groups excluding carboxylic acids is 1. The summed E-state index contributed by atoms with van der Waals surface area (Å²) in [7, 11) is 3.97. The van der Waals surface area contributed by atoms with Crippen LogP contribution in [0.2, 0.25) is 0 Å². The number of furan rings is 1. The molecule has 134 valence electrons. The summed E-state index contributed by atoms with van der Waals surface area (Å²) < 4.78 is 5.39. The highest BCUT2D eigenvalue weighted by molar-refractivity contribution is 5.75. The third-order valence-corrected chi connectivity index (χ3v) is 4.57. The second-order valence-corrected chi connectivity index (χ2v) is 6.69. The topological polar surface area (TPSA) is 69.0 Å². The van der Waals surface area contributed by atoms with E-state index >= 15 is 0 Å². The third kappa shape index (κ3) is 4.14. The molecule has 1 aromatic heterocycles. The van der Waals surface area contributed by atoms with E-state index in [1.807, 2.05) is 43.3 Å². The van der Waals surface area contributed by atoms with Crippen LogP contribution in [0.15, 0.2) is 41.0 Å². The molecule has 0 bridgehead atoms. The molecule has 0 unspecified atom stereocenters. The Labute approximate surface area is 148 Å². The van der Waals surface area contributed by atoms with Crippen LogP contribution in [0, 0.1) is 0 Å². The van der Waals surface area contributed by atoms with Gasteiger partial charge in [-0.15, -0.1) is 0 Å². The summed E-state index contributed by atoms with van der Waals surface area (Å²) >= 11 is 0. The molecular formula is C19H25N3O3. The van der Waals surface area contributed by atoms with Gasteiger partial charge in [-0.25, -0.2) is 4.79 Å². The standard InChI is InChI=1S/C19H25N3O3/c1-21(2)10-11-22(13-14-5-4-12-25-14)19(24)20-17-9-8-16-15(17)6-3-7-18(16)23/h3-7,12,17,23H,8-11,13H2,1-2H3,(H,20,24)/t17-/m1/s1. The fourth-order valence-electron chi connectivity index (χ4n) is 3.19. The predicted molar refractivity (Wildman–Crippen MR) is 95.4 cm³/mol. The van der Waals surface area contributed by atoms with Crippen LogP contribution < -0.4 is 5.32 Å². The van der Waals surface area contributed by atoms with Crippen LogP contribution in [-0.4, -0.2) is 48.1 Å². The molecular weight excluding hydrogens is 318 g/mol. The van der Waals surface area contributed by atoms with E-state index in [1.54, 1.807) is 17.2 Å². The molecule has 0 aliphatic heterocycles. The van der Waals surface area contributed by atoms with Crippen LogP contribution in [0.1, 0.15) is 29.3 Å². The molecule has 2 N–H and O–H groups in total. The van der Waals surface area contributed by atoms with Crippen LogP contribution in [-0.2, 0) is 13.0 Å². The quantitative estimate of drug-likeness (QED) is 0.846. The Kier molecular flexibility index (Phi) is 5.28. The van der Waals surface area contributed by atoms with E-state index in [1.165, 1.54) is 0 Å². The first kappa shape index (κ1) is 17.4. The highest BCUT2D eigenvalue weighted by Gasteiger charge is 2.27. The number of likely N-dealkylation sites (N-methyl/N-ethyl adjacent to an activating group) is 1. The van der Waals surface area contributed by atoms with E-state index in [4.69, 9.17) is 4.42 Å². The second-order valence-electron chi connectivity index (χ2n) is 6.69. The Bertz CT molecular complexity index is 713. The van der Waals surface area contributed by atoms with Crippen LogP contribution in [0.4, 0.5) is 4.79 Å². The first-order valence-electron chi connectivity index (χ1n) is 8.58. The van der Waals surface area contributed by atoms with Gasteiger partial charge in [0, 0.05) is 13.1 Å². The van der Waals surface area contributed by atoms with Crippen LogP contribution in [0.5, 0.6) is 5.75 Å². The van der Waals surface area contributed by atoms with Gasteiger partial charge in [0.15, 0.2) is 0 Å². The molecule has 2 aromatic rings. The first-order valence-corrected chi connectivity index (χ1v) is 8.58. The van der Waals surface area contributed by atoms with Gasteiger partial charge >= 0.3 is 6.03 Å². The van der Waals surface area contributed by atoms with E-state index in [-0.39, 0.29) is 12.1 Å². The van der Waals surface area contributed by atoms with Crippen molar-refractivity contribution in [3.63, 3.8) is 0 Å². The summed E-state index contributed by atoms with van der Waals surface area (Å²) in [5.41, 5.74) is 1.96. The number of fused-ring (bicyclic) bond motifs is 1.